The minimum Gasteiger partial charge on any atom is -0.384 e. The Morgan fingerprint density at radius 2 is 2.00 bits per heavy atom. The molecule has 1 fully saturated rings. The predicted octanol–water partition coefficient (Wildman–Crippen LogP) is 2.96. The van der Waals surface area contributed by atoms with Gasteiger partial charge < -0.3 is 10.5 Å². The topological polar surface area (TPSA) is 59.1 Å². The first kappa shape index (κ1) is 13.0. The summed E-state index contributed by atoms with van der Waals surface area (Å²) in [5.74, 6) is -0.488. The summed E-state index contributed by atoms with van der Waals surface area (Å²) in [6, 6.07) is 4.43. The predicted molar refractivity (Wildman–Crippen MR) is 69.1 cm³/mol. The molecule has 0 amide bonds. The van der Waals surface area contributed by atoms with Crippen molar-refractivity contribution < 1.29 is 9.13 Å². The van der Waals surface area contributed by atoms with E-state index < -0.39 is 0 Å². The minimum atomic E-state index is -0.370. The zero-order valence-electron chi connectivity index (χ0n) is 10.4. The van der Waals surface area contributed by atoms with Crippen molar-refractivity contribution in [2.75, 3.05) is 0 Å². The molecule has 0 unspecified atom stereocenters. The number of nitrogens with one attached hydrogen (secondary N) is 1. The maximum absolute atomic E-state index is 13.3. The van der Waals surface area contributed by atoms with E-state index in [9.17, 15) is 4.39 Å². The monoisotopic (exact) mass is 250 g/mol. The third-order valence-corrected chi connectivity index (χ3v) is 3.31. The number of nitrogens with two attached hydrogens (primary N) is 1. The molecule has 3 N–H and O–H groups in total. The van der Waals surface area contributed by atoms with Crippen molar-refractivity contribution in [1.29, 1.82) is 5.41 Å². The quantitative estimate of drug-likeness (QED) is 0.637. The van der Waals surface area contributed by atoms with Crippen molar-refractivity contribution in [2.45, 2.75) is 44.8 Å². The number of nitrogen functional groups attached to an aromatic ring is 1. The van der Waals surface area contributed by atoms with Gasteiger partial charge in [0.25, 0.3) is 0 Å². The normalized spacial score (nSPS) is 16.7. The van der Waals surface area contributed by atoms with Crippen LogP contribution in [0.2, 0.25) is 0 Å². The standard InChI is InChI=1S/C14H19FN2O/c15-12-7-10(6-11(8-12)14(16)17)9-18-13-4-2-1-3-5-13/h6-8,13H,1-5,9H2,(H3,16,17). The maximum atomic E-state index is 13.3. The molecule has 98 valence electrons. The van der Waals surface area contributed by atoms with E-state index in [1.54, 1.807) is 6.07 Å². The summed E-state index contributed by atoms with van der Waals surface area (Å²) in [6.07, 6.45) is 6.19. The van der Waals surface area contributed by atoms with E-state index in [-0.39, 0.29) is 11.7 Å². The van der Waals surface area contributed by atoms with Crippen LogP contribution < -0.4 is 5.73 Å². The Morgan fingerprint density at radius 3 is 2.67 bits per heavy atom. The average molecular weight is 250 g/mol. The molecule has 0 aromatic heterocycles. The van der Waals surface area contributed by atoms with Gasteiger partial charge in [-0.2, -0.15) is 0 Å². The fourth-order valence-electron chi connectivity index (χ4n) is 2.34. The van der Waals surface area contributed by atoms with E-state index in [4.69, 9.17) is 15.9 Å². The van der Waals surface area contributed by atoms with Gasteiger partial charge in [0, 0.05) is 5.56 Å². The Bertz CT molecular complexity index is 428. The summed E-state index contributed by atoms with van der Waals surface area (Å²) in [5, 5.41) is 7.33. The first-order chi connectivity index (χ1) is 8.65. The van der Waals surface area contributed by atoms with Crippen LogP contribution in [0, 0.1) is 11.2 Å². The lowest BCUT2D eigenvalue weighted by Gasteiger charge is -2.22. The highest BCUT2D eigenvalue weighted by Crippen LogP contribution is 2.21. The fourth-order valence-corrected chi connectivity index (χ4v) is 2.34. The van der Waals surface area contributed by atoms with Gasteiger partial charge in [0.05, 0.1) is 12.7 Å². The van der Waals surface area contributed by atoms with Gasteiger partial charge in [-0.25, -0.2) is 4.39 Å². The van der Waals surface area contributed by atoms with Crippen LogP contribution in [0.4, 0.5) is 4.39 Å². The third kappa shape index (κ3) is 3.53. The number of amidine groups is 1. The Kier molecular flexibility index (Phi) is 4.31. The van der Waals surface area contributed by atoms with E-state index in [1.807, 2.05) is 0 Å². The van der Waals surface area contributed by atoms with Crippen molar-refractivity contribution in [1.82, 2.24) is 0 Å². The molecule has 1 aliphatic rings. The summed E-state index contributed by atoms with van der Waals surface area (Å²) in [5.41, 5.74) is 6.52. The van der Waals surface area contributed by atoms with Gasteiger partial charge >= 0.3 is 0 Å². The summed E-state index contributed by atoms with van der Waals surface area (Å²) in [7, 11) is 0. The molecule has 4 heteroatoms. The molecule has 0 radical (unpaired) electrons. The van der Waals surface area contributed by atoms with E-state index in [0.717, 1.165) is 18.4 Å². The van der Waals surface area contributed by atoms with Gasteiger partial charge in [0.2, 0.25) is 0 Å². The van der Waals surface area contributed by atoms with E-state index in [2.05, 4.69) is 0 Å². The molecule has 0 atom stereocenters. The molecule has 0 aliphatic heterocycles. The van der Waals surface area contributed by atoms with Crippen LogP contribution in [0.5, 0.6) is 0 Å². The number of hydrogen-bond acceptors (Lipinski definition) is 2. The maximum Gasteiger partial charge on any atom is 0.124 e. The molecule has 0 heterocycles. The largest absolute Gasteiger partial charge is 0.384 e. The summed E-state index contributed by atoms with van der Waals surface area (Å²) in [6.45, 7) is 0.392. The zero-order chi connectivity index (χ0) is 13.0. The number of ether oxygens (including phenoxy) is 1. The molecule has 0 saturated heterocycles. The molecular weight excluding hydrogens is 231 g/mol. The molecule has 2 rings (SSSR count). The molecule has 0 bridgehead atoms. The molecule has 0 spiro atoms. The van der Waals surface area contributed by atoms with E-state index in [1.165, 1.54) is 31.4 Å². The SMILES string of the molecule is N=C(N)c1cc(F)cc(COC2CCCCC2)c1. The van der Waals surface area contributed by atoms with Crippen molar-refractivity contribution in [3.8, 4) is 0 Å². The summed E-state index contributed by atoms with van der Waals surface area (Å²) in [4.78, 5) is 0. The van der Waals surface area contributed by atoms with Gasteiger partial charge in [-0.15, -0.1) is 0 Å². The highest BCUT2D eigenvalue weighted by atomic mass is 19.1. The highest BCUT2D eigenvalue weighted by Gasteiger charge is 2.14. The summed E-state index contributed by atoms with van der Waals surface area (Å²) < 4.78 is 19.1. The molecule has 18 heavy (non-hydrogen) atoms. The lowest BCUT2D eigenvalue weighted by atomic mass is 9.98. The van der Waals surface area contributed by atoms with E-state index in [0.29, 0.717) is 18.3 Å². The van der Waals surface area contributed by atoms with Crippen LogP contribution in [-0.4, -0.2) is 11.9 Å². The Balaban J connectivity index is 1.97. The Morgan fingerprint density at radius 1 is 1.28 bits per heavy atom. The van der Waals surface area contributed by atoms with Gasteiger partial charge in [-0.05, 0) is 36.6 Å². The second kappa shape index (κ2) is 5.96. The number of halogens is 1. The molecular formula is C14H19FN2O. The zero-order valence-corrected chi connectivity index (χ0v) is 10.4. The van der Waals surface area contributed by atoms with Crippen molar-refractivity contribution in [3.63, 3.8) is 0 Å². The Labute approximate surface area is 107 Å². The van der Waals surface area contributed by atoms with E-state index >= 15 is 0 Å². The second-order valence-electron chi connectivity index (χ2n) is 4.83. The Hall–Kier alpha value is -1.42. The lowest BCUT2D eigenvalue weighted by Crippen LogP contribution is -2.17. The third-order valence-electron chi connectivity index (χ3n) is 3.31. The molecule has 3 nitrogen and oxygen atoms in total. The van der Waals surface area contributed by atoms with Crippen LogP contribution in [0.3, 0.4) is 0 Å². The number of benzene rings is 1. The summed E-state index contributed by atoms with van der Waals surface area (Å²) >= 11 is 0. The van der Waals surface area contributed by atoms with Crippen LogP contribution in [0.25, 0.3) is 0 Å². The first-order valence-electron chi connectivity index (χ1n) is 6.40. The highest BCUT2D eigenvalue weighted by molar-refractivity contribution is 5.95. The van der Waals surface area contributed by atoms with Crippen LogP contribution in [0.1, 0.15) is 43.2 Å². The van der Waals surface area contributed by atoms with Crippen molar-refractivity contribution >= 4 is 5.84 Å². The molecule has 1 saturated carbocycles. The smallest absolute Gasteiger partial charge is 0.124 e. The first-order valence-corrected chi connectivity index (χ1v) is 6.40. The van der Waals surface area contributed by atoms with Crippen molar-refractivity contribution in [3.05, 3.63) is 35.1 Å². The van der Waals surface area contributed by atoms with Gasteiger partial charge in [-0.1, -0.05) is 19.3 Å². The molecule has 1 aliphatic carbocycles. The van der Waals surface area contributed by atoms with Crippen LogP contribution >= 0.6 is 0 Å². The van der Waals surface area contributed by atoms with Crippen LogP contribution in [-0.2, 0) is 11.3 Å². The lowest BCUT2D eigenvalue weighted by molar-refractivity contribution is 0.0167. The number of rotatable bonds is 4. The van der Waals surface area contributed by atoms with Gasteiger partial charge in [0.1, 0.15) is 11.7 Å². The van der Waals surface area contributed by atoms with Crippen molar-refractivity contribution in [2.24, 2.45) is 5.73 Å². The molecule has 1 aromatic rings. The van der Waals surface area contributed by atoms with Crippen LogP contribution in [0.15, 0.2) is 18.2 Å². The van der Waals surface area contributed by atoms with Gasteiger partial charge in [-0.3, -0.25) is 5.41 Å². The fraction of sp³-hybridized carbons (Fsp3) is 0.500. The second-order valence-corrected chi connectivity index (χ2v) is 4.83. The molecule has 1 aromatic carbocycles. The van der Waals surface area contributed by atoms with Gasteiger partial charge in [0.15, 0.2) is 0 Å². The average Bonchev–Trinajstić information content (AvgIpc) is 2.37. The minimum absolute atomic E-state index is 0.117. The number of hydrogen-bond donors (Lipinski definition) is 2.